The van der Waals surface area contributed by atoms with Crippen LogP contribution in [0.5, 0.6) is 0 Å². The van der Waals surface area contributed by atoms with Crippen LogP contribution in [0.4, 0.5) is 5.69 Å². The fraction of sp³-hybridized carbons (Fsp3) is 0.519. The quantitative estimate of drug-likeness (QED) is 0.739. The minimum Gasteiger partial charge on any atom is -0.378 e. The molecule has 0 aromatic heterocycles. The third-order valence-corrected chi connectivity index (χ3v) is 8.42. The molecule has 162 valence electrons. The number of allylic oxidation sites excluding steroid dienone is 1. The molecule has 1 aromatic carbocycles. The molecule has 3 aliphatic carbocycles. The number of aliphatic hydroxyl groups is 1. The van der Waals surface area contributed by atoms with Gasteiger partial charge in [-0.15, -0.1) is 6.42 Å². The number of ether oxygens (including phenoxy) is 1. The van der Waals surface area contributed by atoms with Crippen LogP contribution >= 0.6 is 0 Å². The van der Waals surface area contributed by atoms with E-state index in [0.29, 0.717) is 19.4 Å². The van der Waals surface area contributed by atoms with E-state index in [2.05, 4.69) is 42.0 Å². The molecule has 0 amide bonds. The predicted molar refractivity (Wildman–Crippen MR) is 122 cm³/mol. The molecule has 2 fully saturated rings. The van der Waals surface area contributed by atoms with Gasteiger partial charge >= 0.3 is 0 Å². The molecular weight excluding hydrogens is 386 g/mol. The van der Waals surface area contributed by atoms with Crippen LogP contribution in [-0.2, 0) is 9.53 Å². The minimum atomic E-state index is -1.11. The van der Waals surface area contributed by atoms with Gasteiger partial charge in [0.2, 0.25) is 0 Å². The number of carbonyl (C=O) groups excluding carboxylic acids is 1. The van der Waals surface area contributed by atoms with Crippen LogP contribution < -0.4 is 4.90 Å². The Morgan fingerprint density at radius 1 is 1.23 bits per heavy atom. The molecule has 0 saturated heterocycles. The van der Waals surface area contributed by atoms with Crippen LogP contribution in [0, 0.1) is 23.7 Å². The fourth-order valence-corrected chi connectivity index (χ4v) is 6.56. The van der Waals surface area contributed by atoms with Crippen molar-refractivity contribution < 1.29 is 14.6 Å². The lowest BCUT2D eigenvalue weighted by atomic mass is 9.55. The Morgan fingerprint density at radius 3 is 2.65 bits per heavy atom. The van der Waals surface area contributed by atoms with Gasteiger partial charge < -0.3 is 14.7 Å². The molecule has 4 nitrogen and oxygen atoms in total. The molecule has 5 atom stereocenters. The molecule has 1 aromatic rings. The molecule has 0 bridgehead atoms. The average molecular weight is 418 g/mol. The topological polar surface area (TPSA) is 49.8 Å². The highest BCUT2D eigenvalue weighted by Gasteiger charge is 2.63. The summed E-state index contributed by atoms with van der Waals surface area (Å²) in [7, 11) is 4.08. The Hall–Kier alpha value is -2.35. The second kappa shape index (κ2) is 7.08. The molecule has 1 aliphatic heterocycles. The monoisotopic (exact) mass is 417 g/mol. The van der Waals surface area contributed by atoms with Gasteiger partial charge in [-0.25, -0.2) is 0 Å². The first-order chi connectivity index (χ1) is 14.8. The molecule has 0 radical (unpaired) electrons. The van der Waals surface area contributed by atoms with Crippen LogP contribution in [0.25, 0.3) is 0 Å². The largest absolute Gasteiger partial charge is 0.378 e. The smallest absolute Gasteiger partial charge is 0.156 e. The Balaban J connectivity index is 1.67. The summed E-state index contributed by atoms with van der Waals surface area (Å²) in [5.74, 6) is 3.25. The summed E-state index contributed by atoms with van der Waals surface area (Å²) >= 11 is 0. The molecule has 4 heteroatoms. The van der Waals surface area contributed by atoms with E-state index in [1.54, 1.807) is 6.08 Å². The summed E-state index contributed by atoms with van der Waals surface area (Å²) in [6, 6.07) is 8.70. The maximum atomic E-state index is 12.1. The van der Waals surface area contributed by atoms with E-state index in [1.807, 2.05) is 14.1 Å². The highest BCUT2D eigenvalue weighted by atomic mass is 16.5. The highest BCUT2D eigenvalue weighted by Crippen LogP contribution is 2.64. The summed E-state index contributed by atoms with van der Waals surface area (Å²) in [6.45, 7) is 2.63. The number of benzene rings is 1. The summed E-state index contributed by atoms with van der Waals surface area (Å²) in [5.41, 5.74) is 4.55. The van der Waals surface area contributed by atoms with Gasteiger partial charge in [0.15, 0.2) is 5.78 Å². The van der Waals surface area contributed by atoms with Gasteiger partial charge in [0.25, 0.3) is 0 Å². The summed E-state index contributed by atoms with van der Waals surface area (Å²) in [5, 5.41) is 11.4. The number of ketones is 1. The number of anilines is 1. The molecule has 1 N–H and O–H groups in total. The van der Waals surface area contributed by atoms with Crippen LogP contribution in [-0.4, -0.2) is 43.3 Å². The second-order valence-electron chi connectivity index (χ2n) is 10.1. The number of hydrogen-bond donors (Lipinski definition) is 1. The van der Waals surface area contributed by atoms with Crippen molar-refractivity contribution in [3.8, 4) is 12.3 Å². The standard InChI is InChI=1S/C27H31NO3/c1-5-27(30)13-12-23-25-24(21-11-10-20(29)14-18(21)16-31-25)22(15-26(23,27)2)17-6-8-19(9-7-17)28(3)4/h1,6-9,14,22-23,25,30H,10-13,15-16H2,2-4H3/t22?,23-,25-,26-,27-/m0/s1. The Kier molecular flexibility index (Phi) is 4.70. The number of fused-ring (bicyclic) bond motifs is 4. The number of terminal acetylenes is 1. The first-order valence-corrected chi connectivity index (χ1v) is 11.3. The van der Waals surface area contributed by atoms with Crippen molar-refractivity contribution >= 4 is 11.5 Å². The van der Waals surface area contributed by atoms with Gasteiger partial charge in [-0.1, -0.05) is 25.0 Å². The minimum absolute atomic E-state index is 0.0556. The van der Waals surface area contributed by atoms with Crippen molar-refractivity contribution in [2.24, 2.45) is 11.3 Å². The van der Waals surface area contributed by atoms with E-state index in [9.17, 15) is 9.90 Å². The third kappa shape index (κ3) is 2.94. The van der Waals surface area contributed by atoms with E-state index < -0.39 is 11.0 Å². The molecule has 2 saturated carbocycles. The summed E-state index contributed by atoms with van der Waals surface area (Å²) in [4.78, 5) is 14.2. The van der Waals surface area contributed by atoms with Crippen molar-refractivity contribution in [2.45, 2.75) is 56.7 Å². The SMILES string of the molecule is C#C[C@]1(O)CC[C@H]2[C@@H]3OCC4=CC(=O)CCC4=C3C(c3ccc(N(C)C)cc3)C[C@@]21C. The molecule has 4 aliphatic rings. The van der Waals surface area contributed by atoms with Gasteiger partial charge in [0.1, 0.15) is 5.60 Å². The van der Waals surface area contributed by atoms with E-state index in [4.69, 9.17) is 11.2 Å². The van der Waals surface area contributed by atoms with E-state index >= 15 is 0 Å². The predicted octanol–water partition coefficient (Wildman–Crippen LogP) is 4.01. The maximum Gasteiger partial charge on any atom is 0.156 e. The second-order valence-corrected chi connectivity index (χ2v) is 10.1. The average Bonchev–Trinajstić information content (AvgIpc) is 3.04. The number of rotatable bonds is 2. The van der Waals surface area contributed by atoms with E-state index in [1.165, 1.54) is 16.7 Å². The van der Waals surface area contributed by atoms with Gasteiger partial charge in [0.05, 0.1) is 12.7 Å². The van der Waals surface area contributed by atoms with Crippen molar-refractivity contribution in [2.75, 3.05) is 25.6 Å². The van der Waals surface area contributed by atoms with Gasteiger partial charge in [0, 0.05) is 37.5 Å². The first kappa shape index (κ1) is 20.5. The lowest BCUT2D eigenvalue weighted by Gasteiger charge is -2.53. The molecule has 31 heavy (non-hydrogen) atoms. The normalized spacial score (nSPS) is 36.8. The van der Waals surface area contributed by atoms with Gasteiger partial charge in [-0.2, -0.15) is 0 Å². The number of nitrogens with zero attached hydrogens (tertiary/aromatic N) is 1. The zero-order valence-corrected chi connectivity index (χ0v) is 18.6. The summed E-state index contributed by atoms with van der Waals surface area (Å²) in [6.07, 6.45) is 11.2. The maximum absolute atomic E-state index is 12.1. The van der Waals surface area contributed by atoms with Gasteiger partial charge in [-0.3, -0.25) is 4.79 Å². The molecule has 5 rings (SSSR count). The molecular formula is C27H31NO3. The van der Waals surface area contributed by atoms with Crippen molar-refractivity contribution in [3.05, 3.63) is 52.6 Å². The zero-order chi connectivity index (χ0) is 22.0. The van der Waals surface area contributed by atoms with Crippen LogP contribution in [0.15, 0.2) is 47.1 Å². The van der Waals surface area contributed by atoms with Crippen molar-refractivity contribution in [1.29, 1.82) is 0 Å². The van der Waals surface area contributed by atoms with E-state index in [-0.39, 0.29) is 23.7 Å². The third-order valence-electron chi connectivity index (χ3n) is 8.42. The van der Waals surface area contributed by atoms with Crippen LogP contribution in [0.1, 0.15) is 50.5 Å². The van der Waals surface area contributed by atoms with E-state index in [0.717, 1.165) is 30.5 Å². The highest BCUT2D eigenvalue weighted by molar-refractivity contribution is 5.93. The number of carbonyl (C=O) groups is 1. The lowest BCUT2D eigenvalue weighted by Crippen LogP contribution is -2.53. The fourth-order valence-electron chi connectivity index (χ4n) is 6.56. The first-order valence-electron chi connectivity index (χ1n) is 11.3. The summed E-state index contributed by atoms with van der Waals surface area (Å²) < 4.78 is 6.46. The Labute approximate surface area is 185 Å². The Bertz CT molecular complexity index is 1030. The Morgan fingerprint density at radius 2 is 1.97 bits per heavy atom. The van der Waals surface area contributed by atoms with Crippen LogP contribution in [0.2, 0.25) is 0 Å². The molecule has 1 heterocycles. The molecule has 0 spiro atoms. The molecule has 1 unspecified atom stereocenters. The lowest BCUT2D eigenvalue weighted by molar-refractivity contribution is -0.115. The zero-order valence-electron chi connectivity index (χ0n) is 18.6. The van der Waals surface area contributed by atoms with Gasteiger partial charge in [-0.05, 0) is 72.1 Å². The van der Waals surface area contributed by atoms with Crippen molar-refractivity contribution in [3.63, 3.8) is 0 Å². The number of hydrogen-bond acceptors (Lipinski definition) is 4. The van der Waals surface area contributed by atoms with Crippen LogP contribution in [0.3, 0.4) is 0 Å². The van der Waals surface area contributed by atoms with Crippen molar-refractivity contribution in [1.82, 2.24) is 0 Å².